The van der Waals surface area contributed by atoms with Crippen molar-refractivity contribution >= 4 is 5.97 Å². The molecule has 1 aromatic rings. The van der Waals surface area contributed by atoms with Crippen LogP contribution in [0.3, 0.4) is 0 Å². The molecule has 0 radical (unpaired) electrons. The van der Waals surface area contributed by atoms with Gasteiger partial charge in [0, 0.05) is 11.9 Å². The monoisotopic (exact) mass is 323 g/mol. The molecule has 4 atom stereocenters. The number of benzene rings is 1. The van der Waals surface area contributed by atoms with Crippen molar-refractivity contribution in [3.05, 3.63) is 46.0 Å². The number of hydrogen-bond acceptors (Lipinski definition) is 2. The molecule has 0 heterocycles. The van der Waals surface area contributed by atoms with E-state index >= 15 is 0 Å². The smallest absolute Gasteiger partial charge is 0.0448 e. The highest BCUT2D eigenvalue weighted by molar-refractivity contribution is 5.68. The van der Waals surface area contributed by atoms with Crippen LogP contribution in [0.1, 0.15) is 67.2 Å². The van der Waals surface area contributed by atoms with Gasteiger partial charge >= 0.3 is 0 Å². The van der Waals surface area contributed by atoms with E-state index in [1.165, 1.54) is 29.5 Å². The molecule has 0 N–H and O–H groups in total. The number of carbonyl (C=O) groups is 1. The Labute approximate surface area is 145 Å². The van der Waals surface area contributed by atoms with Crippen LogP contribution in [0.15, 0.2) is 23.8 Å². The summed E-state index contributed by atoms with van der Waals surface area (Å²) in [7, 11) is 0. The molecule has 3 aliphatic rings. The van der Waals surface area contributed by atoms with Crippen molar-refractivity contribution in [2.24, 2.45) is 17.3 Å². The average Bonchev–Trinajstić information content (AvgIpc) is 2.56. The number of carboxylic acids is 1. The van der Waals surface area contributed by atoms with Crippen LogP contribution < -0.4 is 5.11 Å². The molecule has 0 spiro atoms. The van der Waals surface area contributed by atoms with E-state index in [9.17, 15) is 9.90 Å². The molecule has 0 saturated heterocycles. The van der Waals surface area contributed by atoms with Gasteiger partial charge in [-0.2, -0.15) is 0 Å². The third-order valence-corrected chi connectivity index (χ3v) is 7.48. The van der Waals surface area contributed by atoms with Gasteiger partial charge in [-0.25, -0.2) is 0 Å². The number of rotatable bonds is 1. The van der Waals surface area contributed by atoms with Crippen molar-refractivity contribution in [3.63, 3.8) is 0 Å². The van der Waals surface area contributed by atoms with Crippen molar-refractivity contribution in [2.45, 2.75) is 65.2 Å². The van der Waals surface area contributed by atoms with E-state index in [4.69, 9.17) is 0 Å². The Kier molecular flexibility index (Phi) is 3.63. The second kappa shape index (κ2) is 5.47. The number of hydrogen-bond donors (Lipinski definition) is 0. The Hall–Kier alpha value is -1.57. The first-order valence-corrected chi connectivity index (χ1v) is 9.41. The number of carbonyl (C=O) groups excluding carboxylic acids is 1. The molecule has 0 aromatic heterocycles. The van der Waals surface area contributed by atoms with Crippen molar-refractivity contribution in [3.8, 4) is 0 Å². The van der Waals surface area contributed by atoms with Crippen LogP contribution in [0.4, 0.5) is 0 Å². The molecule has 1 fully saturated rings. The molecular formula is C22H27O2-. The zero-order chi connectivity index (χ0) is 17.1. The molecule has 0 aliphatic heterocycles. The summed E-state index contributed by atoms with van der Waals surface area (Å²) in [6, 6.07) is 4.65. The lowest BCUT2D eigenvalue weighted by Gasteiger charge is -2.53. The Morgan fingerprint density at radius 3 is 2.79 bits per heavy atom. The Balaban J connectivity index is 1.72. The van der Waals surface area contributed by atoms with E-state index in [0.717, 1.165) is 19.3 Å². The Morgan fingerprint density at radius 1 is 1.25 bits per heavy atom. The molecule has 2 nitrogen and oxygen atoms in total. The molecule has 1 aromatic carbocycles. The highest BCUT2D eigenvalue weighted by atomic mass is 16.4. The number of carboxylic acid groups (broad SMARTS) is 1. The van der Waals surface area contributed by atoms with Gasteiger partial charge in [0.1, 0.15) is 0 Å². The Morgan fingerprint density at radius 2 is 2.04 bits per heavy atom. The van der Waals surface area contributed by atoms with Crippen LogP contribution in [0.2, 0.25) is 0 Å². The fraction of sp³-hybridized carbons (Fsp3) is 0.591. The molecule has 1 saturated carbocycles. The maximum atomic E-state index is 11.3. The summed E-state index contributed by atoms with van der Waals surface area (Å²) in [6.45, 7) is 6.88. The van der Waals surface area contributed by atoms with E-state index in [-0.39, 0.29) is 11.3 Å². The van der Waals surface area contributed by atoms with Crippen molar-refractivity contribution in [1.82, 2.24) is 0 Å². The zero-order valence-corrected chi connectivity index (χ0v) is 15.0. The summed E-state index contributed by atoms with van der Waals surface area (Å²) in [5.74, 6) is 0.137. The lowest BCUT2D eigenvalue weighted by Crippen LogP contribution is -2.45. The first kappa shape index (κ1) is 15.9. The van der Waals surface area contributed by atoms with E-state index in [0.29, 0.717) is 18.3 Å². The van der Waals surface area contributed by atoms with Gasteiger partial charge in [0.15, 0.2) is 0 Å². The van der Waals surface area contributed by atoms with Gasteiger partial charge in [-0.05, 0) is 91.9 Å². The van der Waals surface area contributed by atoms with E-state index in [2.05, 4.69) is 39.0 Å². The highest BCUT2D eigenvalue weighted by Gasteiger charge is 2.48. The van der Waals surface area contributed by atoms with Crippen molar-refractivity contribution < 1.29 is 9.90 Å². The van der Waals surface area contributed by atoms with Crippen molar-refractivity contribution in [1.29, 1.82) is 0 Å². The van der Waals surface area contributed by atoms with Gasteiger partial charge in [-0.1, -0.05) is 30.7 Å². The third kappa shape index (κ3) is 2.18. The minimum atomic E-state index is -0.861. The topological polar surface area (TPSA) is 40.1 Å². The highest BCUT2D eigenvalue weighted by Crippen LogP contribution is 2.59. The lowest BCUT2D eigenvalue weighted by atomic mass is 9.52. The Bertz CT molecular complexity index is 730. The predicted octanol–water partition coefficient (Wildman–Crippen LogP) is 3.84. The predicted molar refractivity (Wildman–Crippen MR) is 93.6 cm³/mol. The van der Waals surface area contributed by atoms with Gasteiger partial charge in [0.2, 0.25) is 0 Å². The van der Waals surface area contributed by atoms with Crippen LogP contribution >= 0.6 is 0 Å². The number of aliphatic carboxylic acids is 1. The van der Waals surface area contributed by atoms with Crippen LogP contribution in [0, 0.1) is 31.1 Å². The lowest BCUT2D eigenvalue weighted by molar-refractivity contribution is -0.312. The van der Waals surface area contributed by atoms with E-state index < -0.39 is 5.97 Å². The molecule has 0 unspecified atom stereocenters. The maximum Gasteiger partial charge on any atom is 0.0448 e. The zero-order valence-electron chi connectivity index (χ0n) is 15.0. The standard InChI is InChI=1S/C22H28O2/c1-13-4-6-18-17(14(13)2)8-9-20-19(18)7-5-16-12-15(21(23)24)10-11-22(16,20)3/h4-6,15,19-20H,7-12H2,1-3H3,(H,23,24)/p-1/t15-,19+,20-,22-/m0/s1. The van der Waals surface area contributed by atoms with Crippen LogP contribution in [-0.4, -0.2) is 5.97 Å². The number of allylic oxidation sites excluding steroid dienone is 2. The molecule has 3 aliphatic carbocycles. The summed E-state index contributed by atoms with van der Waals surface area (Å²) in [4.78, 5) is 11.3. The van der Waals surface area contributed by atoms with Crippen LogP contribution in [-0.2, 0) is 11.2 Å². The third-order valence-electron chi connectivity index (χ3n) is 7.48. The summed E-state index contributed by atoms with van der Waals surface area (Å²) < 4.78 is 0. The SMILES string of the molecule is Cc1ccc2c(c1C)CC[C@H]1[C@@H]2CC=C2C[C@@H](C(=O)[O-])CC[C@@]21C. The summed E-state index contributed by atoms with van der Waals surface area (Å²) in [5, 5.41) is 11.3. The summed E-state index contributed by atoms with van der Waals surface area (Å²) >= 11 is 0. The minimum Gasteiger partial charge on any atom is -0.550 e. The normalized spacial score (nSPS) is 34.6. The number of fused-ring (bicyclic) bond motifs is 5. The molecule has 24 heavy (non-hydrogen) atoms. The van der Waals surface area contributed by atoms with Gasteiger partial charge in [0.25, 0.3) is 0 Å². The first-order valence-electron chi connectivity index (χ1n) is 9.41. The fourth-order valence-electron chi connectivity index (χ4n) is 5.79. The molecular weight excluding hydrogens is 296 g/mol. The van der Waals surface area contributed by atoms with Gasteiger partial charge in [0.05, 0.1) is 0 Å². The van der Waals surface area contributed by atoms with Crippen molar-refractivity contribution in [2.75, 3.05) is 0 Å². The number of aryl methyl sites for hydroxylation is 1. The summed E-state index contributed by atoms with van der Waals surface area (Å²) in [5.41, 5.74) is 7.61. The van der Waals surface area contributed by atoms with Gasteiger partial charge in [-0.15, -0.1) is 0 Å². The largest absolute Gasteiger partial charge is 0.550 e. The minimum absolute atomic E-state index is 0.186. The average molecular weight is 323 g/mol. The van der Waals surface area contributed by atoms with Gasteiger partial charge in [-0.3, -0.25) is 0 Å². The first-order chi connectivity index (χ1) is 11.4. The summed E-state index contributed by atoms with van der Waals surface area (Å²) in [6.07, 6.45) is 8.35. The molecule has 2 heteroatoms. The molecule has 0 amide bonds. The molecule has 4 rings (SSSR count). The van der Waals surface area contributed by atoms with E-state index in [1.54, 1.807) is 11.1 Å². The van der Waals surface area contributed by atoms with E-state index in [1.807, 2.05) is 0 Å². The molecule has 128 valence electrons. The second-order valence-corrected chi connectivity index (χ2v) is 8.47. The van der Waals surface area contributed by atoms with Gasteiger partial charge < -0.3 is 9.90 Å². The fourth-order valence-corrected chi connectivity index (χ4v) is 5.79. The quantitative estimate of drug-likeness (QED) is 0.737. The molecule has 0 bridgehead atoms. The van der Waals surface area contributed by atoms with Crippen LogP contribution in [0.5, 0.6) is 0 Å². The maximum absolute atomic E-state index is 11.3. The second-order valence-electron chi connectivity index (χ2n) is 8.47. The van der Waals surface area contributed by atoms with Crippen LogP contribution in [0.25, 0.3) is 0 Å².